The molecular weight excluding hydrogens is 252 g/mol. The van der Waals surface area contributed by atoms with E-state index < -0.39 is 0 Å². The fourth-order valence-electron chi connectivity index (χ4n) is 3.00. The SMILES string of the molecule is COc1cc(C(C)N2CCC(C(C)N)CC2)ccc1O. The summed E-state index contributed by atoms with van der Waals surface area (Å²) in [5.74, 6) is 1.38. The van der Waals surface area contributed by atoms with Gasteiger partial charge < -0.3 is 15.6 Å². The van der Waals surface area contributed by atoms with Gasteiger partial charge in [0.25, 0.3) is 0 Å². The summed E-state index contributed by atoms with van der Waals surface area (Å²) in [5, 5.41) is 9.67. The van der Waals surface area contributed by atoms with Gasteiger partial charge in [-0.1, -0.05) is 6.07 Å². The molecule has 20 heavy (non-hydrogen) atoms. The average Bonchev–Trinajstić information content (AvgIpc) is 2.47. The van der Waals surface area contributed by atoms with Crippen molar-refractivity contribution >= 4 is 0 Å². The van der Waals surface area contributed by atoms with Gasteiger partial charge in [-0.3, -0.25) is 4.90 Å². The highest BCUT2D eigenvalue weighted by Crippen LogP contribution is 2.32. The molecule has 4 nitrogen and oxygen atoms in total. The predicted molar refractivity (Wildman–Crippen MR) is 81.0 cm³/mol. The van der Waals surface area contributed by atoms with Crippen molar-refractivity contribution in [3.8, 4) is 11.5 Å². The van der Waals surface area contributed by atoms with E-state index in [4.69, 9.17) is 10.5 Å². The zero-order valence-corrected chi connectivity index (χ0v) is 12.7. The topological polar surface area (TPSA) is 58.7 Å². The second-order valence-electron chi connectivity index (χ2n) is 5.84. The Labute approximate surface area is 121 Å². The molecule has 0 spiro atoms. The molecule has 4 heteroatoms. The summed E-state index contributed by atoms with van der Waals surface area (Å²) < 4.78 is 5.19. The van der Waals surface area contributed by atoms with Crippen molar-refractivity contribution in [2.45, 2.75) is 38.8 Å². The molecule has 0 amide bonds. The molecule has 0 bridgehead atoms. The van der Waals surface area contributed by atoms with Gasteiger partial charge in [-0.05, 0) is 63.4 Å². The second kappa shape index (κ2) is 6.46. The number of likely N-dealkylation sites (tertiary alicyclic amines) is 1. The summed E-state index contributed by atoms with van der Waals surface area (Å²) in [6.07, 6.45) is 2.33. The van der Waals surface area contributed by atoms with Crippen molar-refractivity contribution in [1.29, 1.82) is 0 Å². The number of aromatic hydroxyl groups is 1. The van der Waals surface area contributed by atoms with Gasteiger partial charge >= 0.3 is 0 Å². The summed E-state index contributed by atoms with van der Waals surface area (Å²) in [6, 6.07) is 6.23. The molecule has 3 N–H and O–H groups in total. The maximum absolute atomic E-state index is 9.67. The monoisotopic (exact) mass is 278 g/mol. The number of benzene rings is 1. The van der Waals surface area contributed by atoms with Gasteiger partial charge in [0.05, 0.1) is 7.11 Å². The molecule has 112 valence electrons. The molecule has 0 aliphatic carbocycles. The Morgan fingerprint density at radius 2 is 1.95 bits per heavy atom. The highest BCUT2D eigenvalue weighted by atomic mass is 16.5. The van der Waals surface area contributed by atoms with Crippen molar-refractivity contribution in [3.63, 3.8) is 0 Å². The molecule has 1 aliphatic rings. The predicted octanol–water partition coefficient (Wildman–Crippen LogP) is 2.52. The number of phenolic OH excluding ortho intramolecular Hbond substituents is 1. The first kappa shape index (κ1) is 15.1. The number of hydrogen-bond donors (Lipinski definition) is 2. The van der Waals surface area contributed by atoms with Crippen molar-refractivity contribution in [1.82, 2.24) is 4.90 Å². The van der Waals surface area contributed by atoms with E-state index in [0.29, 0.717) is 23.8 Å². The van der Waals surface area contributed by atoms with Gasteiger partial charge in [-0.25, -0.2) is 0 Å². The van der Waals surface area contributed by atoms with Crippen molar-refractivity contribution < 1.29 is 9.84 Å². The van der Waals surface area contributed by atoms with Gasteiger partial charge in [-0.15, -0.1) is 0 Å². The Balaban J connectivity index is 2.03. The molecule has 2 rings (SSSR count). The number of rotatable bonds is 4. The van der Waals surface area contributed by atoms with Crippen molar-refractivity contribution in [2.24, 2.45) is 11.7 Å². The fraction of sp³-hybridized carbons (Fsp3) is 0.625. The Kier molecular flexibility index (Phi) is 4.89. The van der Waals surface area contributed by atoms with Crippen LogP contribution in [0.5, 0.6) is 11.5 Å². The van der Waals surface area contributed by atoms with Crippen LogP contribution < -0.4 is 10.5 Å². The molecule has 2 atom stereocenters. The third kappa shape index (κ3) is 3.25. The van der Waals surface area contributed by atoms with E-state index in [0.717, 1.165) is 25.9 Å². The lowest BCUT2D eigenvalue weighted by molar-refractivity contribution is 0.132. The molecule has 1 aliphatic heterocycles. The summed E-state index contributed by atoms with van der Waals surface area (Å²) in [4.78, 5) is 2.48. The largest absolute Gasteiger partial charge is 0.504 e. The first-order chi connectivity index (χ1) is 9.52. The summed E-state index contributed by atoms with van der Waals surface area (Å²) >= 11 is 0. The van der Waals surface area contributed by atoms with Crippen LogP contribution in [-0.4, -0.2) is 36.2 Å². The van der Waals surface area contributed by atoms with Crippen LogP contribution in [0.4, 0.5) is 0 Å². The number of nitrogens with two attached hydrogens (primary N) is 1. The summed E-state index contributed by atoms with van der Waals surface area (Å²) in [7, 11) is 1.58. The van der Waals surface area contributed by atoms with E-state index >= 15 is 0 Å². The number of piperidine rings is 1. The lowest BCUT2D eigenvalue weighted by atomic mass is 9.89. The highest BCUT2D eigenvalue weighted by molar-refractivity contribution is 5.42. The van der Waals surface area contributed by atoms with Crippen LogP contribution >= 0.6 is 0 Å². The van der Waals surface area contributed by atoms with Crippen LogP contribution in [0.25, 0.3) is 0 Å². The van der Waals surface area contributed by atoms with E-state index in [9.17, 15) is 5.11 Å². The quantitative estimate of drug-likeness (QED) is 0.888. The van der Waals surface area contributed by atoms with Crippen molar-refractivity contribution in [3.05, 3.63) is 23.8 Å². The Morgan fingerprint density at radius 1 is 1.30 bits per heavy atom. The maximum Gasteiger partial charge on any atom is 0.160 e. The zero-order chi connectivity index (χ0) is 14.7. The Bertz CT molecular complexity index is 440. The number of methoxy groups -OCH3 is 1. The van der Waals surface area contributed by atoms with E-state index in [-0.39, 0.29) is 5.75 Å². The molecule has 1 heterocycles. The normalized spacial score (nSPS) is 20.6. The second-order valence-corrected chi connectivity index (χ2v) is 5.84. The number of ether oxygens (including phenoxy) is 1. The van der Waals surface area contributed by atoms with Crippen LogP contribution in [-0.2, 0) is 0 Å². The van der Waals surface area contributed by atoms with Gasteiger partial charge in [0.2, 0.25) is 0 Å². The molecule has 1 saturated heterocycles. The maximum atomic E-state index is 9.67. The molecule has 0 saturated carbocycles. The highest BCUT2D eigenvalue weighted by Gasteiger charge is 2.25. The molecule has 0 radical (unpaired) electrons. The van der Waals surface area contributed by atoms with Gasteiger partial charge in [-0.2, -0.15) is 0 Å². The smallest absolute Gasteiger partial charge is 0.160 e. The Hall–Kier alpha value is -1.26. The zero-order valence-electron chi connectivity index (χ0n) is 12.7. The van der Waals surface area contributed by atoms with Crippen LogP contribution in [0.3, 0.4) is 0 Å². The van der Waals surface area contributed by atoms with E-state index in [1.807, 2.05) is 12.1 Å². The Morgan fingerprint density at radius 3 is 2.50 bits per heavy atom. The molecule has 1 fully saturated rings. The van der Waals surface area contributed by atoms with Crippen molar-refractivity contribution in [2.75, 3.05) is 20.2 Å². The molecule has 1 aromatic carbocycles. The standard InChI is InChI=1S/C16H26N2O2/c1-11(17)13-6-8-18(9-7-13)12(2)14-4-5-15(19)16(10-14)20-3/h4-5,10-13,19H,6-9,17H2,1-3H3. The van der Waals surface area contributed by atoms with E-state index in [1.165, 1.54) is 5.56 Å². The average molecular weight is 278 g/mol. The molecular formula is C16H26N2O2. The minimum atomic E-state index is 0.194. The third-order valence-corrected chi connectivity index (χ3v) is 4.55. The molecule has 1 aromatic rings. The van der Waals surface area contributed by atoms with Crippen LogP contribution in [0.15, 0.2) is 18.2 Å². The lowest BCUT2D eigenvalue weighted by Gasteiger charge is -2.37. The first-order valence-corrected chi connectivity index (χ1v) is 7.39. The van der Waals surface area contributed by atoms with Gasteiger partial charge in [0.1, 0.15) is 0 Å². The van der Waals surface area contributed by atoms with Gasteiger partial charge in [0, 0.05) is 12.1 Å². The molecule has 0 aromatic heterocycles. The van der Waals surface area contributed by atoms with E-state index in [2.05, 4.69) is 18.7 Å². The fourth-order valence-corrected chi connectivity index (χ4v) is 3.00. The third-order valence-electron chi connectivity index (χ3n) is 4.55. The first-order valence-electron chi connectivity index (χ1n) is 7.39. The number of hydrogen-bond acceptors (Lipinski definition) is 4. The minimum absolute atomic E-state index is 0.194. The van der Waals surface area contributed by atoms with Gasteiger partial charge in [0.15, 0.2) is 11.5 Å². The van der Waals surface area contributed by atoms with Crippen LogP contribution in [0.2, 0.25) is 0 Å². The number of nitrogens with zero attached hydrogens (tertiary/aromatic N) is 1. The van der Waals surface area contributed by atoms with E-state index in [1.54, 1.807) is 13.2 Å². The number of phenols is 1. The summed E-state index contributed by atoms with van der Waals surface area (Å²) in [5.41, 5.74) is 7.17. The van der Waals surface area contributed by atoms with Crippen LogP contribution in [0.1, 0.15) is 38.3 Å². The lowest BCUT2D eigenvalue weighted by Crippen LogP contribution is -2.40. The minimum Gasteiger partial charge on any atom is -0.504 e. The summed E-state index contributed by atoms with van der Waals surface area (Å²) in [6.45, 7) is 6.47. The molecule has 2 unspecified atom stereocenters. The van der Waals surface area contributed by atoms with Crippen LogP contribution in [0, 0.1) is 5.92 Å².